The van der Waals surface area contributed by atoms with Crippen LogP contribution in [0.5, 0.6) is 0 Å². The molecule has 1 aromatic heterocycles. The lowest BCUT2D eigenvalue weighted by Crippen LogP contribution is -2.21. The van der Waals surface area contributed by atoms with E-state index < -0.39 is 0 Å². The highest BCUT2D eigenvalue weighted by Gasteiger charge is 2.12. The van der Waals surface area contributed by atoms with Gasteiger partial charge in [0.25, 0.3) is 0 Å². The van der Waals surface area contributed by atoms with Crippen molar-refractivity contribution in [1.82, 2.24) is 14.9 Å². The van der Waals surface area contributed by atoms with Crippen LogP contribution < -0.4 is 5.32 Å². The van der Waals surface area contributed by atoms with Gasteiger partial charge in [0, 0.05) is 13.2 Å². The largest absolute Gasteiger partial charge is 0.340 e. The van der Waals surface area contributed by atoms with E-state index in [9.17, 15) is 0 Å². The SMILES string of the molecule is CCNC(CCc1ccccc1)c1cn(C)cn1. The van der Waals surface area contributed by atoms with Crippen molar-refractivity contribution in [2.24, 2.45) is 7.05 Å². The summed E-state index contributed by atoms with van der Waals surface area (Å²) in [6, 6.07) is 11.0. The van der Waals surface area contributed by atoms with Crippen molar-refractivity contribution in [2.45, 2.75) is 25.8 Å². The third-order valence-corrected chi connectivity index (χ3v) is 3.10. The van der Waals surface area contributed by atoms with E-state index in [0.29, 0.717) is 6.04 Å². The molecule has 1 atom stereocenters. The van der Waals surface area contributed by atoms with E-state index in [-0.39, 0.29) is 0 Å². The fourth-order valence-corrected chi connectivity index (χ4v) is 2.17. The number of nitrogens with one attached hydrogen (secondary N) is 1. The topological polar surface area (TPSA) is 29.9 Å². The first-order valence-corrected chi connectivity index (χ1v) is 6.54. The maximum absolute atomic E-state index is 4.45. The Balaban J connectivity index is 1.98. The third-order valence-electron chi connectivity index (χ3n) is 3.10. The number of benzene rings is 1. The van der Waals surface area contributed by atoms with E-state index in [4.69, 9.17) is 0 Å². The zero-order chi connectivity index (χ0) is 12.8. The predicted molar refractivity (Wildman–Crippen MR) is 74.4 cm³/mol. The van der Waals surface area contributed by atoms with Crippen molar-refractivity contribution in [3.63, 3.8) is 0 Å². The fourth-order valence-electron chi connectivity index (χ4n) is 2.17. The number of hydrogen-bond donors (Lipinski definition) is 1. The quantitative estimate of drug-likeness (QED) is 0.845. The molecule has 3 heteroatoms. The molecule has 0 aliphatic heterocycles. The minimum absolute atomic E-state index is 0.344. The second-order valence-electron chi connectivity index (χ2n) is 4.60. The van der Waals surface area contributed by atoms with Crippen LogP contribution in [0.15, 0.2) is 42.9 Å². The number of imidazole rings is 1. The van der Waals surface area contributed by atoms with Crippen molar-refractivity contribution < 1.29 is 0 Å². The van der Waals surface area contributed by atoms with Gasteiger partial charge in [-0.3, -0.25) is 0 Å². The van der Waals surface area contributed by atoms with Gasteiger partial charge in [0.15, 0.2) is 0 Å². The van der Waals surface area contributed by atoms with Crippen LogP contribution in [0.2, 0.25) is 0 Å². The van der Waals surface area contributed by atoms with Crippen LogP contribution in [0.3, 0.4) is 0 Å². The van der Waals surface area contributed by atoms with Gasteiger partial charge in [0.1, 0.15) is 0 Å². The first kappa shape index (κ1) is 12.8. The number of nitrogens with zero attached hydrogens (tertiary/aromatic N) is 2. The van der Waals surface area contributed by atoms with Crippen LogP contribution in [0.25, 0.3) is 0 Å². The molecule has 0 fully saturated rings. The minimum atomic E-state index is 0.344. The molecule has 18 heavy (non-hydrogen) atoms. The first-order chi connectivity index (χ1) is 8.79. The Morgan fingerprint density at radius 3 is 2.67 bits per heavy atom. The summed E-state index contributed by atoms with van der Waals surface area (Å²) in [6.45, 7) is 3.11. The molecular weight excluding hydrogens is 222 g/mol. The molecule has 2 rings (SSSR count). The smallest absolute Gasteiger partial charge is 0.0947 e. The van der Waals surface area contributed by atoms with Gasteiger partial charge in [-0.2, -0.15) is 0 Å². The van der Waals surface area contributed by atoms with Gasteiger partial charge in [-0.15, -0.1) is 0 Å². The normalized spacial score (nSPS) is 12.6. The maximum atomic E-state index is 4.45. The zero-order valence-corrected chi connectivity index (χ0v) is 11.1. The number of rotatable bonds is 6. The average molecular weight is 243 g/mol. The Bertz CT molecular complexity index is 462. The summed E-state index contributed by atoms with van der Waals surface area (Å²) in [4.78, 5) is 4.45. The Morgan fingerprint density at radius 2 is 2.06 bits per heavy atom. The highest BCUT2D eigenvalue weighted by molar-refractivity contribution is 5.15. The van der Waals surface area contributed by atoms with Crippen molar-refractivity contribution in [3.05, 3.63) is 54.1 Å². The Labute approximate surface area is 109 Å². The van der Waals surface area contributed by atoms with Crippen molar-refractivity contribution in [3.8, 4) is 0 Å². The molecular formula is C15H21N3. The molecule has 0 aliphatic rings. The van der Waals surface area contributed by atoms with Crippen LogP contribution in [0.4, 0.5) is 0 Å². The summed E-state index contributed by atoms with van der Waals surface area (Å²) in [7, 11) is 2.01. The van der Waals surface area contributed by atoms with Crippen LogP contribution in [-0.2, 0) is 13.5 Å². The van der Waals surface area contributed by atoms with E-state index >= 15 is 0 Å². The molecule has 0 saturated carbocycles. The molecule has 1 unspecified atom stereocenters. The first-order valence-electron chi connectivity index (χ1n) is 6.54. The van der Waals surface area contributed by atoms with E-state index in [1.165, 1.54) is 5.56 Å². The minimum Gasteiger partial charge on any atom is -0.340 e. The summed E-state index contributed by atoms with van der Waals surface area (Å²) >= 11 is 0. The second kappa shape index (κ2) is 6.36. The van der Waals surface area contributed by atoms with E-state index in [2.05, 4.69) is 53.8 Å². The lowest BCUT2D eigenvalue weighted by molar-refractivity contribution is 0.505. The maximum Gasteiger partial charge on any atom is 0.0947 e. The van der Waals surface area contributed by atoms with Crippen molar-refractivity contribution in [1.29, 1.82) is 0 Å². The molecule has 1 aromatic carbocycles. The summed E-state index contributed by atoms with van der Waals surface area (Å²) in [5, 5.41) is 3.51. The Hall–Kier alpha value is -1.61. The molecule has 0 saturated heterocycles. The molecule has 96 valence electrons. The number of aryl methyl sites for hydroxylation is 2. The van der Waals surface area contributed by atoms with Gasteiger partial charge >= 0.3 is 0 Å². The van der Waals surface area contributed by atoms with Crippen LogP contribution >= 0.6 is 0 Å². The van der Waals surface area contributed by atoms with Gasteiger partial charge in [0.2, 0.25) is 0 Å². The average Bonchev–Trinajstić information content (AvgIpc) is 2.82. The van der Waals surface area contributed by atoms with Gasteiger partial charge < -0.3 is 9.88 Å². The molecule has 0 radical (unpaired) electrons. The summed E-state index contributed by atoms with van der Waals surface area (Å²) < 4.78 is 2.00. The third kappa shape index (κ3) is 3.44. The second-order valence-corrected chi connectivity index (χ2v) is 4.60. The van der Waals surface area contributed by atoms with Gasteiger partial charge in [-0.05, 0) is 24.9 Å². The molecule has 3 nitrogen and oxygen atoms in total. The summed E-state index contributed by atoms with van der Waals surface area (Å²) in [6.07, 6.45) is 6.12. The van der Waals surface area contributed by atoms with E-state index in [1.54, 1.807) is 0 Å². The molecule has 0 amide bonds. The molecule has 1 heterocycles. The lowest BCUT2D eigenvalue weighted by Gasteiger charge is -2.15. The highest BCUT2D eigenvalue weighted by atomic mass is 15.0. The number of hydrogen-bond acceptors (Lipinski definition) is 2. The highest BCUT2D eigenvalue weighted by Crippen LogP contribution is 2.17. The van der Waals surface area contributed by atoms with E-state index in [0.717, 1.165) is 25.1 Å². The molecule has 0 aliphatic carbocycles. The van der Waals surface area contributed by atoms with Gasteiger partial charge in [-0.1, -0.05) is 37.3 Å². The van der Waals surface area contributed by atoms with Crippen molar-refractivity contribution >= 4 is 0 Å². The lowest BCUT2D eigenvalue weighted by atomic mass is 10.0. The molecule has 2 aromatic rings. The van der Waals surface area contributed by atoms with Crippen molar-refractivity contribution in [2.75, 3.05) is 6.54 Å². The van der Waals surface area contributed by atoms with Crippen LogP contribution in [0, 0.1) is 0 Å². The summed E-state index contributed by atoms with van der Waals surface area (Å²) in [5.41, 5.74) is 2.52. The summed E-state index contributed by atoms with van der Waals surface area (Å²) in [5.74, 6) is 0. The predicted octanol–water partition coefficient (Wildman–Crippen LogP) is 2.70. The van der Waals surface area contributed by atoms with Crippen LogP contribution in [0.1, 0.15) is 30.6 Å². The Kier molecular flexibility index (Phi) is 4.53. The fraction of sp³-hybridized carbons (Fsp3) is 0.400. The van der Waals surface area contributed by atoms with Gasteiger partial charge in [-0.25, -0.2) is 4.98 Å². The monoisotopic (exact) mass is 243 g/mol. The zero-order valence-electron chi connectivity index (χ0n) is 11.1. The van der Waals surface area contributed by atoms with E-state index in [1.807, 2.05) is 17.9 Å². The molecule has 0 bridgehead atoms. The number of aromatic nitrogens is 2. The Morgan fingerprint density at radius 1 is 1.28 bits per heavy atom. The molecule has 1 N–H and O–H groups in total. The standard InChI is InChI=1S/C15H21N3/c1-3-16-14(15-11-18(2)12-17-15)10-9-13-7-5-4-6-8-13/h4-8,11-12,14,16H,3,9-10H2,1-2H3. The van der Waals surface area contributed by atoms with Gasteiger partial charge in [0.05, 0.1) is 18.1 Å². The van der Waals surface area contributed by atoms with Crippen LogP contribution in [-0.4, -0.2) is 16.1 Å². The molecule has 0 spiro atoms.